The zero-order valence-electron chi connectivity index (χ0n) is 20.5. The Labute approximate surface area is 209 Å². The second-order valence-electron chi connectivity index (χ2n) is 9.19. The van der Waals surface area contributed by atoms with E-state index in [1.807, 2.05) is 19.9 Å². The lowest BCUT2D eigenvalue weighted by Gasteiger charge is -2.38. The van der Waals surface area contributed by atoms with Crippen LogP contribution in [0.2, 0.25) is 0 Å². The first-order valence-electron chi connectivity index (χ1n) is 12.1. The minimum absolute atomic E-state index is 0.210. The third kappa shape index (κ3) is 5.36. The number of nitrogens with zero attached hydrogens (tertiary/aromatic N) is 4. The Hall–Kier alpha value is -2.91. The van der Waals surface area contributed by atoms with E-state index in [0.29, 0.717) is 57.7 Å². The number of ether oxygens (including phenoxy) is 1. The van der Waals surface area contributed by atoms with Gasteiger partial charge in [0.15, 0.2) is 0 Å². The van der Waals surface area contributed by atoms with Crippen LogP contribution in [0.4, 0.5) is 5.95 Å². The number of carboxylic acid groups (broad SMARTS) is 1. The molecule has 9 heteroatoms. The largest absolute Gasteiger partial charge is 0.481 e. The average molecular weight is 497 g/mol. The Morgan fingerprint density at radius 3 is 2.46 bits per heavy atom. The van der Waals surface area contributed by atoms with Crippen LogP contribution in [-0.2, 0) is 27.4 Å². The summed E-state index contributed by atoms with van der Waals surface area (Å²) in [5.41, 5.74) is 3.05. The van der Waals surface area contributed by atoms with Crippen molar-refractivity contribution in [2.45, 2.75) is 59.0 Å². The van der Waals surface area contributed by atoms with Crippen molar-refractivity contribution in [3.8, 4) is 11.1 Å². The maximum Gasteiger partial charge on any atom is 0.309 e. The Morgan fingerprint density at radius 2 is 1.86 bits per heavy atom. The molecule has 4 rings (SSSR count). The number of aromatic nitrogens is 3. The van der Waals surface area contributed by atoms with Crippen LogP contribution in [-0.4, -0.2) is 52.0 Å². The molecule has 1 aliphatic rings. The molecule has 3 aromatic rings. The number of aliphatic carboxylic acids is 1. The van der Waals surface area contributed by atoms with E-state index in [9.17, 15) is 14.7 Å². The van der Waals surface area contributed by atoms with E-state index < -0.39 is 11.4 Å². The summed E-state index contributed by atoms with van der Waals surface area (Å²) in [7, 11) is 1.67. The molecule has 0 atom stereocenters. The molecule has 1 aliphatic heterocycles. The van der Waals surface area contributed by atoms with Crippen molar-refractivity contribution < 1.29 is 19.4 Å². The topological polar surface area (TPSA) is 106 Å². The molecule has 0 spiro atoms. The predicted octanol–water partition coefficient (Wildman–Crippen LogP) is 4.89. The number of carbonyl (C=O) groups excluding carboxylic acids is 1. The normalized spacial score (nSPS) is 15.5. The van der Waals surface area contributed by atoms with E-state index in [2.05, 4.69) is 20.9 Å². The number of Topliss-reactive ketones (excluding diaryl/α,β-unsaturated/α-hetero) is 1. The number of carboxylic acids is 1. The first kappa shape index (κ1) is 25.2. The van der Waals surface area contributed by atoms with Crippen molar-refractivity contribution >= 4 is 39.3 Å². The SMILES string of the molecule is CCCC(=O)Cc1nc2cc(-c3cnc(N4CCC(CC)(C(=O)O)CC4)nc3)cc(COC)c2s1. The van der Waals surface area contributed by atoms with Crippen LogP contribution in [0, 0.1) is 5.41 Å². The molecule has 0 amide bonds. The van der Waals surface area contributed by atoms with Gasteiger partial charge in [-0.15, -0.1) is 11.3 Å². The second-order valence-corrected chi connectivity index (χ2v) is 10.3. The standard InChI is InChI=1S/C26H32N4O4S/c1-4-6-20(31)13-22-29-21-12-17(11-18(16-34-3)23(21)35-22)19-14-27-25(28-15-19)30-9-7-26(5-2,8-10-30)24(32)33/h11-12,14-15H,4-10,13,16H2,1-3H3,(H,32,33). The van der Waals surface area contributed by atoms with Crippen molar-refractivity contribution in [3.63, 3.8) is 0 Å². The molecular weight excluding hydrogens is 464 g/mol. The zero-order chi connectivity index (χ0) is 25.0. The van der Waals surface area contributed by atoms with Gasteiger partial charge in [0.25, 0.3) is 0 Å². The quantitative estimate of drug-likeness (QED) is 0.423. The monoisotopic (exact) mass is 496 g/mol. The highest BCUT2D eigenvalue weighted by atomic mass is 32.1. The number of piperidine rings is 1. The van der Waals surface area contributed by atoms with Gasteiger partial charge in [-0.25, -0.2) is 15.0 Å². The fraction of sp³-hybridized carbons (Fsp3) is 0.500. The summed E-state index contributed by atoms with van der Waals surface area (Å²) in [5.74, 6) is 0.117. The number of hydrogen-bond donors (Lipinski definition) is 1. The van der Waals surface area contributed by atoms with Crippen LogP contribution in [0.15, 0.2) is 24.5 Å². The smallest absolute Gasteiger partial charge is 0.309 e. The molecule has 0 aliphatic carbocycles. The minimum Gasteiger partial charge on any atom is -0.481 e. The zero-order valence-corrected chi connectivity index (χ0v) is 21.4. The molecule has 3 heterocycles. The molecular formula is C26H32N4O4S. The number of rotatable bonds is 10. The second kappa shape index (κ2) is 10.8. The maximum atomic E-state index is 12.1. The van der Waals surface area contributed by atoms with Crippen molar-refractivity contribution in [2.75, 3.05) is 25.1 Å². The summed E-state index contributed by atoms with van der Waals surface area (Å²) >= 11 is 1.56. The molecule has 1 saturated heterocycles. The number of fused-ring (bicyclic) bond motifs is 1. The summed E-state index contributed by atoms with van der Waals surface area (Å²) in [6.07, 6.45) is 7.20. The Balaban J connectivity index is 1.56. The van der Waals surface area contributed by atoms with Crippen molar-refractivity contribution in [3.05, 3.63) is 35.1 Å². The van der Waals surface area contributed by atoms with Gasteiger partial charge in [0.2, 0.25) is 5.95 Å². The van der Waals surface area contributed by atoms with Crippen molar-refractivity contribution in [2.24, 2.45) is 5.41 Å². The number of thiazole rings is 1. The lowest BCUT2D eigenvalue weighted by atomic mass is 9.76. The molecule has 0 bridgehead atoms. The van der Waals surface area contributed by atoms with Crippen molar-refractivity contribution in [1.29, 1.82) is 0 Å². The van der Waals surface area contributed by atoms with Crippen LogP contribution >= 0.6 is 11.3 Å². The summed E-state index contributed by atoms with van der Waals surface area (Å²) in [4.78, 5) is 39.8. The van der Waals surface area contributed by atoms with E-state index in [-0.39, 0.29) is 5.78 Å². The van der Waals surface area contributed by atoms with Crippen LogP contribution in [0.3, 0.4) is 0 Å². The van der Waals surface area contributed by atoms with E-state index in [0.717, 1.165) is 38.3 Å². The number of ketones is 1. The molecule has 0 saturated carbocycles. The van der Waals surface area contributed by atoms with Gasteiger partial charge >= 0.3 is 5.97 Å². The van der Waals surface area contributed by atoms with Gasteiger partial charge in [-0.2, -0.15) is 0 Å². The first-order valence-corrected chi connectivity index (χ1v) is 12.9. The lowest BCUT2D eigenvalue weighted by molar-refractivity contribution is -0.150. The van der Waals surface area contributed by atoms with Crippen LogP contribution in [0.25, 0.3) is 21.3 Å². The molecule has 35 heavy (non-hydrogen) atoms. The third-order valence-corrected chi connectivity index (χ3v) is 8.04. The molecule has 186 valence electrons. The Kier molecular flexibility index (Phi) is 7.76. The van der Waals surface area contributed by atoms with Gasteiger partial charge in [-0.3, -0.25) is 9.59 Å². The van der Waals surface area contributed by atoms with E-state index >= 15 is 0 Å². The van der Waals surface area contributed by atoms with E-state index in [1.54, 1.807) is 30.8 Å². The highest BCUT2D eigenvalue weighted by molar-refractivity contribution is 7.18. The molecule has 2 aromatic heterocycles. The fourth-order valence-electron chi connectivity index (χ4n) is 4.68. The Bertz CT molecular complexity index is 1200. The van der Waals surface area contributed by atoms with E-state index in [1.165, 1.54) is 0 Å². The minimum atomic E-state index is -0.710. The van der Waals surface area contributed by atoms with E-state index in [4.69, 9.17) is 9.72 Å². The lowest BCUT2D eigenvalue weighted by Crippen LogP contribution is -2.44. The fourth-order valence-corrected chi connectivity index (χ4v) is 5.75. The number of methoxy groups -OCH3 is 1. The van der Waals surface area contributed by atoms with Crippen LogP contribution in [0.1, 0.15) is 56.5 Å². The van der Waals surface area contributed by atoms with Crippen LogP contribution in [0.5, 0.6) is 0 Å². The van der Waals surface area contributed by atoms with Gasteiger partial charge in [0, 0.05) is 44.6 Å². The first-order chi connectivity index (χ1) is 16.9. The van der Waals surface area contributed by atoms with Gasteiger partial charge in [-0.1, -0.05) is 13.8 Å². The number of benzene rings is 1. The molecule has 1 N–H and O–H groups in total. The number of carbonyl (C=O) groups is 2. The summed E-state index contributed by atoms with van der Waals surface area (Å²) < 4.78 is 6.47. The highest BCUT2D eigenvalue weighted by Crippen LogP contribution is 2.36. The molecule has 0 unspecified atom stereocenters. The number of anilines is 1. The summed E-state index contributed by atoms with van der Waals surface area (Å²) in [6.45, 7) is 5.65. The molecule has 1 aromatic carbocycles. The van der Waals surface area contributed by atoms with Gasteiger partial charge < -0.3 is 14.7 Å². The third-order valence-electron chi connectivity index (χ3n) is 6.89. The maximum absolute atomic E-state index is 12.1. The predicted molar refractivity (Wildman–Crippen MR) is 137 cm³/mol. The summed E-state index contributed by atoms with van der Waals surface area (Å²) in [5, 5.41) is 10.5. The number of hydrogen-bond acceptors (Lipinski definition) is 8. The highest BCUT2D eigenvalue weighted by Gasteiger charge is 2.40. The summed E-state index contributed by atoms with van der Waals surface area (Å²) in [6, 6.07) is 4.09. The molecule has 1 fully saturated rings. The van der Waals surface area contributed by atoms with Gasteiger partial charge in [0.05, 0.1) is 28.7 Å². The van der Waals surface area contributed by atoms with Gasteiger partial charge in [-0.05, 0) is 48.9 Å². The molecule has 0 radical (unpaired) electrons. The van der Waals surface area contributed by atoms with Crippen LogP contribution < -0.4 is 4.90 Å². The average Bonchev–Trinajstić information content (AvgIpc) is 3.27. The Morgan fingerprint density at radius 1 is 1.14 bits per heavy atom. The van der Waals surface area contributed by atoms with Gasteiger partial charge in [0.1, 0.15) is 10.8 Å². The molecule has 8 nitrogen and oxygen atoms in total. The van der Waals surface area contributed by atoms with Crippen molar-refractivity contribution in [1.82, 2.24) is 15.0 Å².